The molecule has 0 aliphatic carbocycles. The van der Waals surface area contributed by atoms with E-state index in [2.05, 4.69) is 10.1 Å². The molecule has 0 aliphatic heterocycles. The third kappa shape index (κ3) is 3.56. The van der Waals surface area contributed by atoms with Gasteiger partial charge in [-0.25, -0.2) is 24.2 Å². The zero-order valence-corrected chi connectivity index (χ0v) is 20.1. The number of carbonyl (C=O) groups is 4. The van der Waals surface area contributed by atoms with Crippen LogP contribution in [0.1, 0.15) is 41.6 Å². The van der Waals surface area contributed by atoms with Crippen LogP contribution in [0.25, 0.3) is 22.4 Å². The number of nitrogen functional groups attached to an aromatic ring is 1. The van der Waals surface area contributed by atoms with Gasteiger partial charge in [0.1, 0.15) is 33.7 Å². The fourth-order valence-electron chi connectivity index (χ4n) is 3.80. The maximum absolute atomic E-state index is 13.0. The van der Waals surface area contributed by atoms with Crippen LogP contribution in [-0.2, 0) is 18.9 Å². The number of nitrogens with two attached hydrogens (primary N) is 1. The number of fused-ring (bicyclic) bond motifs is 3. The van der Waals surface area contributed by atoms with Gasteiger partial charge in [0, 0.05) is 5.02 Å². The minimum Gasteiger partial charge on any atom is -0.465 e. The number of carbonyl (C=O) groups excluding carboxylic acids is 4. The second kappa shape index (κ2) is 9.19. The fourth-order valence-corrected chi connectivity index (χ4v) is 3.96. The fraction of sp³-hybridized carbons (Fsp3) is 0.182. The molecule has 0 saturated carbocycles. The highest BCUT2D eigenvalue weighted by molar-refractivity contribution is 6.31. The van der Waals surface area contributed by atoms with Gasteiger partial charge in [-0.2, -0.15) is 9.78 Å². The average molecular weight is 516 g/mol. The van der Waals surface area contributed by atoms with Crippen LogP contribution < -0.4 is 5.73 Å². The highest BCUT2D eigenvalue weighted by Crippen LogP contribution is 2.35. The van der Waals surface area contributed by atoms with Gasteiger partial charge in [-0.3, -0.25) is 4.40 Å². The number of methoxy groups -OCH3 is 4. The Morgan fingerprint density at radius 3 is 2.11 bits per heavy atom. The van der Waals surface area contributed by atoms with E-state index in [-0.39, 0.29) is 50.0 Å². The largest absolute Gasteiger partial charge is 0.465 e. The Balaban J connectivity index is 2.33. The molecular formula is C22H18ClN5O8. The molecule has 0 aliphatic rings. The van der Waals surface area contributed by atoms with Crippen molar-refractivity contribution in [3.05, 3.63) is 51.8 Å². The van der Waals surface area contributed by atoms with Crippen LogP contribution in [0, 0.1) is 0 Å². The van der Waals surface area contributed by atoms with Crippen LogP contribution in [0.15, 0.2) is 24.4 Å². The quantitative estimate of drug-likeness (QED) is 0.305. The molecular weight excluding hydrogens is 498 g/mol. The van der Waals surface area contributed by atoms with Crippen molar-refractivity contribution < 1.29 is 38.1 Å². The minimum atomic E-state index is -1.02. The number of nitrogens with zero attached hydrogens (tertiary/aromatic N) is 4. The summed E-state index contributed by atoms with van der Waals surface area (Å²) in [5.41, 5.74) is 5.33. The molecule has 0 saturated heterocycles. The number of esters is 4. The van der Waals surface area contributed by atoms with Gasteiger partial charge < -0.3 is 24.7 Å². The first kappa shape index (κ1) is 24.5. The molecule has 3 aromatic heterocycles. The van der Waals surface area contributed by atoms with Gasteiger partial charge in [0.25, 0.3) is 0 Å². The van der Waals surface area contributed by atoms with Gasteiger partial charge in [-0.15, -0.1) is 0 Å². The molecule has 0 atom stereocenters. The molecule has 36 heavy (non-hydrogen) atoms. The Morgan fingerprint density at radius 1 is 0.889 bits per heavy atom. The van der Waals surface area contributed by atoms with Crippen molar-refractivity contribution in [2.45, 2.75) is 0 Å². The van der Waals surface area contributed by atoms with Crippen molar-refractivity contribution in [3.63, 3.8) is 0 Å². The predicted octanol–water partition coefficient (Wildman–Crippen LogP) is 2.06. The van der Waals surface area contributed by atoms with Crippen molar-refractivity contribution in [2.24, 2.45) is 0 Å². The summed E-state index contributed by atoms with van der Waals surface area (Å²) in [4.78, 5) is 55.6. The molecule has 0 fully saturated rings. The van der Waals surface area contributed by atoms with Gasteiger partial charge in [-0.05, 0) is 18.2 Å². The number of anilines is 1. The number of benzene rings is 1. The van der Waals surface area contributed by atoms with Crippen molar-refractivity contribution >= 4 is 57.8 Å². The van der Waals surface area contributed by atoms with E-state index in [0.29, 0.717) is 0 Å². The Labute approximate surface area is 207 Å². The van der Waals surface area contributed by atoms with E-state index in [1.54, 1.807) is 6.07 Å². The molecule has 0 bridgehead atoms. The van der Waals surface area contributed by atoms with Crippen LogP contribution in [0.4, 0.5) is 5.82 Å². The van der Waals surface area contributed by atoms with Crippen LogP contribution in [0.2, 0.25) is 5.02 Å². The van der Waals surface area contributed by atoms with Gasteiger partial charge in [-0.1, -0.05) is 11.6 Å². The van der Waals surface area contributed by atoms with Crippen molar-refractivity contribution in [3.8, 4) is 5.82 Å². The highest BCUT2D eigenvalue weighted by atomic mass is 35.5. The first-order valence-electron chi connectivity index (χ1n) is 10.0. The third-order valence-corrected chi connectivity index (χ3v) is 5.59. The molecule has 2 N–H and O–H groups in total. The number of rotatable bonds is 5. The van der Waals surface area contributed by atoms with Gasteiger partial charge >= 0.3 is 23.9 Å². The first-order chi connectivity index (χ1) is 17.2. The van der Waals surface area contributed by atoms with Crippen LogP contribution >= 0.6 is 11.6 Å². The number of ether oxygens (including phenoxy) is 4. The number of hydrogen-bond acceptors (Lipinski definition) is 11. The van der Waals surface area contributed by atoms with Crippen LogP contribution in [0.5, 0.6) is 0 Å². The molecule has 4 rings (SSSR count). The molecule has 0 unspecified atom stereocenters. The average Bonchev–Trinajstić information content (AvgIpc) is 3.45. The number of aromatic nitrogens is 4. The summed E-state index contributed by atoms with van der Waals surface area (Å²) in [6.07, 6.45) is 1.15. The van der Waals surface area contributed by atoms with E-state index in [4.69, 9.17) is 36.3 Å². The van der Waals surface area contributed by atoms with Crippen molar-refractivity contribution in [1.29, 1.82) is 0 Å². The van der Waals surface area contributed by atoms with Crippen LogP contribution in [-0.4, -0.2) is 71.5 Å². The van der Waals surface area contributed by atoms with E-state index in [9.17, 15) is 19.2 Å². The SMILES string of the molecule is COC(=O)c1cnn(-c2nc3ccc(Cl)cc3n3c(C(=O)OC)c(C(=O)OC)c(C(=O)OC)c23)c1N. The molecule has 3 heterocycles. The summed E-state index contributed by atoms with van der Waals surface area (Å²) in [5.74, 6) is -4.05. The van der Waals surface area contributed by atoms with E-state index in [1.165, 1.54) is 23.6 Å². The summed E-state index contributed by atoms with van der Waals surface area (Å²) in [7, 11) is 4.44. The molecule has 1 aromatic carbocycles. The van der Waals surface area contributed by atoms with Gasteiger partial charge in [0.15, 0.2) is 5.82 Å². The Morgan fingerprint density at radius 2 is 1.50 bits per heavy atom. The highest BCUT2D eigenvalue weighted by Gasteiger charge is 2.37. The Bertz CT molecular complexity index is 1590. The van der Waals surface area contributed by atoms with E-state index in [0.717, 1.165) is 32.2 Å². The second-order valence-electron chi connectivity index (χ2n) is 7.17. The molecule has 0 radical (unpaired) electrons. The summed E-state index contributed by atoms with van der Waals surface area (Å²) in [6, 6.07) is 4.56. The molecule has 0 amide bonds. The van der Waals surface area contributed by atoms with E-state index < -0.39 is 29.4 Å². The molecule has 186 valence electrons. The summed E-state index contributed by atoms with van der Waals surface area (Å²) < 4.78 is 21.8. The monoisotopic (exact) mass is 515 g/mol. The third-order valence-electron chi connectivity index (χ3n) is 5.36. The van der Waals surface area contributed by atoms with Gasteiger partial charge in [0.05, 0.1) is 45.7 Å². The minimum absolute atomic E-state index is 0.0822. The van der Waals surface area contributed by atoms with E-state index in [1.807, 2.05) is 0 Å². The Hall–Kier alpha value is -4.65. The topological polar surface area (TPSA) is 166 Å². The summed E-state index contributed by atoms with van der Waals surface area (Å²) in [5, 5.41) is 4.40. The lowest BCUT2D eigenvalue weighted by Crippen LogP contribution is -2.15. The normalized spacial score (nSPS) is 10.9. The standard InChI is InChI=1S/C22H18ClN5O8/c1-33-19(29)10-8-25-28(17(10)24)18-15-13(20(30)34-2)14(21(31)35-3)16(22(32)36-4)27(15)12-7-9(23)5-6-11(12)26-18/h5-8H,24H2,1-4H3. The molecule has 13 nitrogen and oxygen atoms in total. The number of halogens is 1. The van der Waals surface area contributed by atoms with Gasteiger partial charge in [0.2, 0.25) is 0 Å². The second-order valence-corrected chi connectivity index (χ2v) is 7.61. The number of hydrogen-bond donors (Lipinski definition) is 1. The van der Waals surface area contributed by atoms with Crippen molar-refractivity contribution in [2.75, 3.05) is 34.2 Å². The lowest BCUT2D eigenvalue weighted by atomic mass is 10.1. The zero-order valence-electron chi connectivity index (χ0n) is 19.3. The zero-order chi connectivity index (χ0) is 26.3. The maximum Gasteiger partial charge on any atom is 0.355 e. The lowest BCUT2D eigenvalue weighted by Gasteiger charge is -2.12. The molecule has 4 aromatic rings. The van der Waals surface area contributed by atoms with Crippen molar-refractivity contribution in [1.82, 2.24) is 19.2 Å². The van der Waals surface area contributed by atoms with Crippen LogP contribution in [0.3, 0.4) is 0 Å². The summed E-state index contributed by atoms with van der Waals surface area (Å²) >= 11 is 6.22. The molecule has 0 spiro atoms. The van der Waals surface area contributed by atoms with E-state index >= 15 is 0 Å². The summed E-state index contributed by atoms with van der Waals surface area (Å²) in [6.45, 7) is 0. The smallest absolute Gasteiger partial charge is 0.355 e. The molecule has 14 heteroatoms. The Kier molecular flexibility index (Phi) is 6.24. The first-order valence-corrected chi connectivity index (χ1v) is 10.4. The lowest BCUT2D eigenvalue weighted by molar-refractivity contribution is 0.0536. The maximum atomic E-state index is 13.0. The predicted molar refractivity (Wildman–Crippen MR) is 125 cm³/mol.